The first-order chi connectivity index (χ1) is 8.54. The molecule has 0 aliphatic rings. The Morgan fingerprint density at radius 2 is 2.06 bits per heavy atom. The minimum Gasteiger partial charge on any atom is -0.399 e. The molecule has 0 saturated carbocycles. The minimum atomic E-state index is 0.817. The molecule has 0 radical (unpaired) electrons. The van der Waals surface area contributed by atoms with Crippen LogP contribution in [0.15, 0.2) is 30.3 Å². The van der Waals surface area contributed by atoms with Crippen molar-refractivity contribution in [3.05, 3.63) is 47.3 Å². The van der Waals surface area contributed by atoms with Crippen molar-refractivity contribution in [2.75, 3.05) is 12.8 Å². The molecular formula is C14H20N4. The van der Waals surface area contributed by atoms with Gasteiger partial charge in [-0.15, -0.1) is 0 Å². The maximum absolute atomic E-state index is 5.78. The van der Waals surface area contributed by atoms with Gasteiger partial charge >= 0.3 is 0 Å². The highest BCUT2D eigenvalue weighted by Gasteiger charge is 2.06. The summed E-state index contributed by atoms with van der Waals surface area (Å²) in [6.07, 6.45) is 0. The number of aryl methyl sites for hydroxylation is 2. The Balaban J connectivity index is 2.00. The molecule has 0 unspecified atom stereocenters. The van der Waals surface area contributed by atoms with Crippen molar-refractivity contribution in [2.45, 2.75) is 20.0 Å². The zero-order valence-corrected chi connectivity index (χ0v) is 11.2. The number of rotatable bonds is 4. The number of anilines is 1. The van der Waals surface area contributed by atoms with Crippen molar-refractivity contribution in [2.24, 2.45) is 7.05 Å². The Morgan fingerprint density at radius 1 is 1.28 bits per heavy atom. The zero-order valence-electron chi connectivity index (χ0n) is 11.2. The summed E-state index contributed by atoms with van der Waals surface area (Å²) < 4.78 is 1.94. The summed E-state index contributed by atoms with van der Waals surface area (Å²) in [5.41, 5.74) is 10.1. The van der Waals surface area contributed by atoms with Crippen LogP contribution in [0, 0.1) is 6.92 Å². The van der Waals surface area contributed by atoms with Crippen molar-refractivity contribution >= 4 is 5.69 Å². The molecule has 2 aromatic rings. The molecule has 4 nitrogen and oxygen atoms in total. The molecule has 0 bridgehead atoms. The number of nitrogen functional groups attached to an aromatic ring is 1. The number of nitrogens with zero attached hydrogens (tertiary/aromatic N) is 3. The molecule has 0 fully saturated rings. The first-order valence-electron chi connectivity index (χ1n) is 6.07. The summed E-state index contributed by atoms with van der Waals surface area (Å²) in [6.45, 7) is 3.78. The van der Waals surface area contributed by atoms with Gasteiger partial charge in [-0.1, -0.05) is 12.1 Å². The van der Waals surface area contributed by atoms with Crippen LogP contribution in [0.4, 0.5) is 5.69 Å². The van der Waals surface area contributed by atoms with Gasteiger partial charge in [-0.3, -0.25) is 9.58 Å². The molecule has 0 atom stereocenters. The maximum Gasteiger partial charge on any atom is 0.0597 e. The van der Waals surface area contributed by atoms with Gasteiger partial charge in [-0.25, -0.2) is 0 Å². The summed E-state index contributed by atoms with van der Waals surface area (Å²) in [7, 11) is 4.09. The molecular weight excluding hydrogens is 224 g/mol. The number of nitrogens with two attached hydrogens (primary N) is 1. The number of hydrogen-bond acceptors (Lipinski definition) is 3. The van der Waals surface area contributed by atoms with Crippen molar-refractivity contribution in [3.8, 4) is 0 Å². The van der Waals surface area contributed by atoms with Crippen molar-refractivity contribution in [3.63, 3.8) is 0 Å². The molecule has 0 spiro atoms. The Hall–Kier alpha value is -1.81. The van der Waals surface area contributed by atoms with Crippen LogP contribution in [0.3, 0.4) is 0 Å². The standard InChI is InChI=1S/C14H20N4/c1-11-7-14(18(3)16-11)10-17(2)9-12-5-4-6-13(15)8-12/h4-8H,9-10,15H2,1-3H3. The van der Waals surface area contributed by atoms with E-state index in [-0.39, 0.29) is 0 Å². The van der Waals surface area contributed by atoms with Crippen molar-refractivity contribution in [1.29, 1.82) is 0 Å². The highest BCUT2D eigenvalue weighted by molar-refractivity contribution is 5.40. The second-order valence-corrected chi connectivity index (χ2v) is 4.82. The molecule has 1 heterocycles. The van der Waals surface area contributed by atoms with Crippen molar-refractivity contribution < 1.29 is 0 Å². The molecule has 1 aromatic heterocycles. The van der Waals surface area contributed by atoms with E-state index in [1.165, 1.54) is 11.3 Å². The van der Waals surface area contributed by atoms with E-state index in [2.05, 4.69) is 29.2 Å². The molecule has 0 amide bonds. The van der Waals surface area contributed by atoms with Crippen LogP contribution in [0.2, 0.25) is 0 Å². The summed E-state index contributed by atoms with van der Waals surface area (Å²) >= 11 is 0. The van der Waals surface area contributed by atoms with E-state index < -0.39 is 0 Å². The highest BCUT2D eigenvalue weighted by Crippen LogP contribution is 2.11. The van der Waals surface area contributed by atoms with E-state index in [0.717, 1.165) is 24.5 Å². The van der Waals surface area contributed by atoms with Gasteiger partial charge in [-0.2, -0.15) is 5.10 Å². The SMILES string of the molecule is Cc1cc(CN(C)Cc2cccc(N)c2)n(C)n1. The Bertz CT molecular complexity index is 530. The Labute approximate surface area is 108 Å². The fourth-order valence-electron chi connectivity index (χ4n) is 2.15. The fourth-order valence-corrected chi connectivity index (χ4v) is 2.15. The molecule has 18 heavy (non-hydrogen) atoms. The molecule has 0 saturated heterocycles. The predicted octanol–water partition coefficient (Wildman–Crippen LogP) is 1.94. The third-order valence-electron chi connectivity index (χ3n) is 2.93. The third-order valence-corrected chi connectivity index (χ3v) is 2.93. The van der Waals surface area contributed by atoms with E-state index in [0.29, 0.717) is 0 Å². The fraction of sp³-hybridized carbons (Fsp3) is 0.357. The summed E-state index contributed by atoms with van der Waals surface area (Å²) in [4.78, 5) is 2.26. The molecule has 1 aromatic carbocycles. The lowest BCUT2D eigenvalue weighted by atomic mass is 10.2. The van der Waals surface area contributed by atoms with Gasteiger partial charge in [0.05, 0.1) is 11.4 Å². The van der Waals surface area contributed by atoms with E-state index in [1.54, 1.807) is 0 Å². The van der Waals surface area contributed by atoms with Gasteiger partial charge in [0, 0.05) is 25.8 Å². The van der Waals surface area contributed by atoms with Crippen LogP contribution in [0.5, 0.6) is 0 Å². The lowest BCUT2D eigenvalue weighted by Crippen LogP contribution is -2.19. The average molecular weight is 244 g/mol. The van der Waals surface area contributed by atoms with Gasteiger partial charge in [0.1, 0.15) is 0 Å². The molecule has 0 aliphatic carbocycles. The first-order valence-corrected chi connectivity index (χ1v) is 6.07. The second-order valence-electron chi connectivity index (χ2n) is 4.82. The molecule has 2 N–H and O–H groups in total. The topological polar surface area (TPSA) is 47.1 Å². The molecule has 0 aliphatic heterocycles. The smallest absolute Gasteiger partial charge is 0.0597 e. The second kappa shape index (κ2) is 5.23. The number of benzene rings is 1. The van der Waals surface area contributed by atoms with Crippen LogP contribution in [0.1, 0.15) is 17.0 Å². The largest absolute Gasteiger partial charge is 0.399 e. The molecule has 4 heteroatoms. The lowest BCUT2D eigenvalue weighted by molar-refractivity contribution is 0.309. The summed E-state index contributed by atoms with van der Waals surface area (Å²) in [6, 6.07) is 10.1. The van der Waals surface area contributed by atoms with Crippen LogP contribution in [-0.2, 0) is 20.1 Å². The molecule has 96 valence electrons. The molecule has 2 rings (SSSR count). The van der Waals surface area contributed by atoms with E-state index in [9.17, 15) is 0 Å². The van der Waals surface area contributed by atoms with Crippen molar-refractivity contribution in [1.82, 2.24) is 14.7 Å². The normalized spacial score (nSPS) is 11.1. The first kappa shape index (κ1) is 12.6. The lowest BCUT2D eigenvalue weighted by Gasteiger charge is -2.16. The summed E-state index contributed by atoms with van der Waals surface area (Å²) in [5.74, 6) is 0. The Morgan fingerprint density at radius 3 is 2.67 bits per heavy atom. The monoisotopic (exact) mass is 244 g/mol. The zero-order chi connectivity index (χ0) is 13.1. The van der Waals surface area contributed by atoms with Gasteiger partial charge in [0.25, 0.3) is 0 Å². The number of hydrogen-bond donors (Lipinski definition) is 1. The third kappa shape index (κ3) is 3.11. The van der Waals surface area contributed by atoms with Crippen LogP contribution in [0.25, 0.3) is 0 Å². The van der Waals surface area contributed by atoms with Crippen LogP contribution < -0.4 is 5.73 Å². The number of aromatic nitrogens is 2. The average Bonchev–Trinajstić information content (AvgIpc) is 2.57. The van der Waals surface area contributed by atoms with Crippen LogP contribution in [-0.4, -0.2) is 21.7 Å². The van der Waals surface area contributed by atoms with E-state index in [1.807, 2.05) is 36.9 Å². The summed E-state index contributed by atoms with van der Waals surface area (Å²) in [5, 5.41) is 4.36. The highest BCUT2D eigenvalue weighted by atomic mass is 15.3. The minimum absolute atomic E-state index is 0.817. The Kier molecular flexibility index (Phi) is 3.67. The van der Waals surface area contributed by atoms with E-state index in [4.69, 9.17) is 5.73 Å². The van der Waals surface area contributed by atoms with Crippen LogP contribution >= 0.6 is 0 Å². The van der Waals surface area contributed by atoms with E-state index >= 15 is 0 Å². The van der Waals surface area contributed by atoms with Gasteiger partial charge < -0.3 is 5.73 Å². The van der Waals surface area contributed by atoms with Gasteiger partial charge in [0.2, 0.25) is 0 Å². The predicted molar refractivity (Wildman–Crippen MR) is 74.0 cm³/mol. The maximum atomic E-state index is 5.78. The quantitative estimate of drug-likeness (QED) is 0.836. The van der Waals surface area contributed by atoms with Gasteiger partial charge in [0.15, 0.2) is 0 Å². The van der Waals surface area contributed by atoms with Gasteiger partial charge in [-0.05, 0) is 37.7 Å².